The van der Waals surface area contributed by atoms with Gasteiger partial charge >= 0.3 is 0 Å². The maximum absolute atomic E-state index is 4.91. The molecule has 0 radical (unpaired) electrons. The average molecular weight is 177 g/mol. The van der Waals surface area contributed by atoms with Crippen molar-refractivity contribution in [2.24, 2.45) is 10.9 Å². The van der Waals surface area contributed by atoms with Gasteiger partial charge in [0, 0.05) is 29.5 Å². The Bertz CT molecular complexity index is 197. The van der Waals surface area contributed by atoms with Crippen molar-refractivity contribution in [2.45, 2.75) is 0 Å². The van der Waals surface area contributed by atoms with Crippen LogP contribution in [0.5, 0.6) is 0 Å². The molecule has 0 atom stereocenters. The number of nitrogens with two attached hydrogens (primary N) is 1. The predicted molar refractivity (Wildman–Crippen MR) is 36.0 cm³/mol. The molecule has 2 N–H and O–H groups in total. The molecule has 3 nitrogen and oxygen atoms in total. The van der Waals surface area contributed by atoms with Crippen LogP contribution in [0.3, 0.4) is 0 Å². The zero-order valence-corrected chi connectivity index (χ0v) is 6.32. The summed E-state index contributed by atoms with van der Waals surface area (Å²) in [6, 6.07) is 3.66. The van der Waals surface area contributed by atoms with Crippen LogP contribution in [0.4, 0.5) is 0 Å². The molecule has 0 bridgehead atoms. The van der Waals surface area contributed by atoms with Crippen LogP contribution in [-0.2, 0) is 17.1 Å². The molecule has 0 aliphatic carbocycles. The van der Waals surface area contributed by atoms with Crippen LogP contribution < -0.4 is 5.84 Å². The number of pyridine rings is 1. The van der Waals surface area contributed by atoms with Crippen molar-refractivity contribution in [1.29, 1.82) is 0 Å². The zero-order valence-electron chi connectivity index (χ0n) is 5.21. The third kappa shape index (κ3) is 2.62. The molecule has 10 heavy (non-hydrogen) atoms. The molecular weight excluding hydrogens is 170 g/mol. The molecule has 0 spiro atoms. The molecular formula is C6H7FeN3. The first-order valence-corrected chi connectivity index (χ1v) is 2.57. The van der Waals surface area contributed by atoms with Crippen molar-refractivity contribution in [3.8, 4) is 0 Å². The van der Waals surface area contributed by atoms with E-state index in [0.717, 1.165) is 5.56 Å². The number of aromatic nitrogens is 1. The summed E-state index contributed by atoms with van der Waals surface area (Å²) in [5, 5.41) is 3.35. The van der Waals surface area contributed by atoms with Crippen molar-refractivity contribution in [2.75, 3.05) is 0 Å². The largest absolute Gasteiger partial charge is 0.323 e. The van der Waals surface area contributed by atoms with E-state index in [-0.39, 0.29) is 17.1 Å². The van der Waals surface area contributed by atoms with Gasteiger partial charge in [0.15, 0.2) is 0 Å². The molecule has 1 rings (SSSR count). The number of rotatable bonds is 1. The van der Waals surface area contributed by atoms with Gasteiger partial charge in [0.2, 0.25) is 0 Å². The van der Waals surface area contributed by atoms with E-state index in [9.17, 15) is 0 Å². The Hall–Kier alpha value is -0.861. The van der Waals surface area contributed by atoms with Gasteiger partial charge in [-0.2, -0.15) is 5.10 Å². The summed E-state index contributed by atoms with van der Waals surface area (Å²) < 4.78 is 0. The van der Waals surface area contributed by atoms with E-state index in [1.807, 2.05) is 12.1 Å². The summed E-state index contributed by atoms with van der Waals surface area (Å²) in [6.45, 7) is 0. The van der Waals surface area contributed by atoms with Gasteiger partial charge in [-0.3, -0.25) is 4.98 Å². The standard InChI is InChI=1S/C6H7N3.Fe/c7-9-5-6-1-3-8-4-2-6;/h1-5H,7H2;. The number of hydrogen-bond donors (Lipinski definition) is 1. The van der Waals surface area contributed by atoms with Crippen LogP contribution >= 0.6 is 0 Å². The van der Waals surface area contributed by atoms with Gasteiger partial charge in [-0.1, -0.05) is 0 Å². The average Bonchev–Trinajstić information content (AvgIpc) is 1.91. The molecule has 0 amide bonds. The summed E-state index contributed by atoms with van der Waals surface area (Å²) in [5.74, 6) is 4.91. The molecule has 0 saturated carbocycles. The minimum Gasteiger partial charge on any atom is -0.323 e. The molecule has 0 fully saturated rings. The molecule has 0 unspecified atom stereocenters. The quantitative estimate of drug-likeness (QED) is 0.291. The first-order valence-electron chi connectivity index (χ1n) is 2.57. The fraction of sp³-hybridized carbons (Fsp3) is 0. The molecule has 0 aromatic carbocycles. The van der Waals surface area contributed by atoms with Crippen molar-refractivity contribution in [3.05, 3.63) is 30.1 Å². The summed E-state index contributed by atoms with van der Waals surface area (Å²) in [7, 11) is 0. The smallest absolute Gasteiger partial charge is 0.0539 e. The first kappa shape index (κ1) is 9.14. The van der Waals surface area contributed by atoms with Gasteiger partial charge in [0.25, 0.3) is 0 Å². The second-order valence-corrected chi connectivity index (χ2v) is 1.56. The fourth-order valence-corrected chi connectivity index (χ4v) is 0.536. The second-order valence-electron chi connectivity index (χ2n) is 1.56. The van der Waals surface area contributed by atoms with Crippen molar-refractivity contribution < 1.29 is 17.1 Å². The third-order valence-electron chi connectivity index (χ3n) is 0.930. The van der Waals surface area contributed by atoms with Crippen LogP contribution in [0.25, 0.3) is 0 Å². The normalized spacial score (nSPS) is 9.20. The molecule has 1 aromatic rings. The van der Waals surface area contributed by atoms with E-state index in [1.165, 1.54) is 0 Å². The Morgan fingerprint density at radius 2 is 2.00 bits per heavy atom. The molecule has 0 aliphatic heterocycles. The van der Waals surface area contributed by atoms with Crippen LogP contribution in [0.1, 0.15) is 5.56 Å². The number of hydrazone groups is 1. The van der Waals surface area contributed by atoms with E-state index in [1.54, 1.807) is 18.6 Å². The maximum atomic E-state index is 4.91. The summed E-state index contributed by atoms with van der Waals surface area (Å²) in [4.78, 5) is 3.83. The Labute approximate surface area is 69.8 Å². The Morgan fingerprint density at radius 1 is 1.40 bits per heavy atom. The molecule has 1 heterocycles. The molecule has 1 aromatic heterocycles. The number of hydrogen-bond acceptors (Lipinski definition) is 3. The van der Waals surface area contributed by atoms with Crippen molar-refractivity contribution in [1.82, 2.24) is 4.98 Å². The van der Waals surface area contributed by atoms with Crippen LogP contribution in [-0.4, -0.2) is 11.2 Å². The third-order valence-corrected chi connectivity index (χ3v) is 0.930. The maximum Gasteiger partial charge on any atom is 0.0539 e. The summed E-state index contributed by atoms with van der Waals surface area (Å²) >= 11 is 0. The van der Waals surface area contributed by atoms with E-state index in [4.69, 9.17) is 5.84 Å². The van der Waals surface area contributed by atoms with Crippen molar-refractivity contribution >= 4 is 6.21 Å². The molecule has 54 valence electrons. The van der Waals surface area contributed by atoms with Gasteiger partial charge < -0.3 is 5.84 Å². The first-order chi connectivity index (χ1) is 4.43. The predicted octanol–water partition coefficient (Wildman–Crippen LogP) is 0.372. The summed E-state index contributed by atoms with van der Waals surface area (Å²) in [5.41, 5.74) is 0.965. The zero-order chi connectivity index (χ0) is 6.53. The fourth-order valence-electron chi connectivity index (χ4n) is 0.536. The minimum atomic E-state index is 0. The van der Waals surface area contributed by atoms with Gasteiger partial charge in [0.1, 0.15) is 0 Å². The number of nitrogens with zero attached hydrogens (tertiary/aromatic N) is 2. The molecule has 4 heteroatoms. The molecule has 0 aliphatic rings. The minimum absolute atomic E-state index is 0. The van der Waals surface area contributed by atoms with E-state index in [2.05, 4.69) is 10.1 Å². The second kappa shape index (κ2) is 4.97. The SMILES string of the molecule is NN=Cc1ccncc1.[Fe]. The van der Waals surface area contributed by atoms with Crippen LogP contribution in [0, 0.1) is 0 Å². The monoisotopic (exact) mass is 177 g/mol. The Morgan fingerprint density at radius 3 is 2.50 bits per heavy atom. The van der Waals surface area contributed by atoms with Gasteiger partial charge in [0.05, 0.1) is 6.21 Å². The topological polar surface area (TPSA) is 51.3 Å². The van der Waals surface area contributed by atoms with Gasteiger partial charge in [-0.25, -0.2) is 0 Å². The van der Waals surface area contributed by atoms with Crippen LogP contribution in [0.15, 0.2) is 29.6 Å². The van der Waals surface area contributed by atoms with Gasteiger partial charge in [-0.05, 0) is 17.7 Å². The van der Waals surface area contributed by atoms with Gasteiger partial charge in [-0.15, -0.1) is 0 Å². The van der Waals surface area contributed by atoms with E-state index < -0.39 is 0 Å². The van der Waals surface area contributed by atoms with Crippen LogP contribution in [0.2, 0.25) is 0 Å². The van der Waals surface area contributed by atoms with E-state index in [0.29, 0.717) is 0 Å². The molecule has 0 saturated heterocycles. The Kier molecular flexibility index (Phi) is 4.54. The van der Waals surface area contributed by atoms with Crippen molar-refractivity contribution in [3.63, 3.8) is 0 Å². The Balaban J connectivity index is 0.000000810. The van der Waals surface area contributed by atoms with E-state index >= 15 is 0 Å². The summed E-state index contributed by atoms with van der Waals surface area (Å²) in [6.07, 6.45) is 4.95.